The van der Waals surface area contributed by atoms with Crippen LogP contribution >= 0.6 is 0 Å². The van der Waals surface area contributed by atoms with Gasteiger partial charge in [0, 0.05) is 13.2 Å². The van der Waals surface area contributed by atoms with Gasteiger partial charge in [-0.25, -0.2) is 8.78 Å². The van der Waals surface area contributed by atoms with E-state index < -0.39 is 0 Å². The molecular weight excluding hydrogens is 454 g/mol. The number of ether oxygens (including phenoxy) is 2. The van der Waals surface area contributed by atoms with E-state index in [4.69, 9.17) is 9.47 Å². The van der Waals surface area contributed by atoms with E-state index in [2.05, 4.69) is 13.8 Å². The van der Waals surface area contributed by atoms with Crippen LogP contribution in [0.5, 0.6) is 0 Å². The Labute approximate surface area is 216 Å². The molecule has 4 heteroatoms. The summed E-state index contributed by atoms with van der Waals surface area (Å²) < 4.78 is 38.7. The predicted molar refractivity (Wildman–Crippen MR) is 142 cm³/mol. The van der Waals surface area contributed by atoms with Gasteiger partial charge in [0.05, 0.1) is 12.2 Å². The van der Waals surface area contributed by atoms with Crippen LogP contribution in [0.4, 0.5) is 8.78 Å². The molecule has 36 heavy (non-hydrogen) atoms. The van der Waals surface area contributed by atoms with Crippen LogP contribution in [0.15, 0.2) is 48.5 Å². The molecule has 0 amide bonds. The largest absolute Gasteiger partial charge is 0.376 e. The lowest BCUT2D eigenvalue weighted by Crippen LogP contribution is -2.28. The van der Waals surface area contributed by atoms with Crippen LogP contribution < -0.4 is 0 Å². The molecule has 2 aliphatic rings. The van der Waals surface area contributed by atoms with E-state index in [9.17, 15) is 8.78 Å². The predicted octanol–water partition coefficient (Wildman–Crippen LogP) is 8.80. The van der Waals surface area contributed by atoms with Crippen LogP contribution in [-0.4, -0.2) is 25.4 Å². The van der Waals surface area contributed by atoms with E-state index >= 15 is 0 Å². The van der Waals surface area contributed by atoms with Crippen molar-refractivity contribution < 1.29 is 18.3 Å². The third-order valence-corrected chi connectivity index (χ3v) is 8.85. The summed E-state index contributed by atoms with van der Waals surface area (Å²) in [6, 6.07) is 14.1. The minimum atomic E-state index is -0.150. The van der Waals surface area contributed by atoms with Gasteiger partial charge in [0.1, 0.15) is 11.6 Å². The van der Waals surface area contributed by atoms with Gasteiger partial charge in [0.25, 0.3) is 0 Å². The normalized spacial score (nSPS) is 26.4. The first-order valence-corrected chi connectivity index (χ1v) is 14.2. The van der Waals surface area contributed by atoms with E-state index in [1.807, 2.05) is 24.3 Å². The summed E-state index contributed by atoms with van der Waals surface area (Å²) in [4.78, 5) is 0. The minimum Gasteiger partial charge on any atom is -0.376 e. The fourth-order valence-corrected chi connectivity index (χ4v) is 6.15. The molecule has 2 aliphatic carbocycles. The maximum Gasteiger partial charge on any atom is 0.123 e. The average molecular weight is 499 g/mol. The summed E-state index contributed by atoms with van der Waals surface area (Å²) in [6.45, 7) is 5.86. The Hall–Kier alpha value is -1.78. The van der Waals surface area contributed by atoms with Crippen molar-refractivity contribution in [2.24, 2.45) is 11.8 Å². The van der Waals surface area contributed by atoms with Crippen molar-refractivity contribution in [3.8, 4) is 0 Å². The summed E-state index contributed by atoms with van der Waals surface area (Å²) in [5, 5.41) is 0. The summed E-state index contributed by atoms with van der Waals surface area (Å²) in [7, 11) is 0. The molecule has 0 N–H and O–H groups in total. The Bertz CT molecular complexity index is 806. The minimum absolute atomic E-state index is 0.106. The summed E-state index contributed by atoms with van der Waals surface area (Å²) in [5.41, 5.74) is 2.57. The van der Waals surface area contributed by atoms with E-state index in [1.54, 1.807) is 24.3 Å². The Morgan fingerprint density at radius 3 is 1.25 bits per heavy atom. The Kier molecular flexibility index (Phi) is 10.4. The van der Waals surface area contributed by atoms with E-state index in [0.29, 0.717) is 11.8 Å². The summed E-state index contributed by atoms with van der Waals surface area (Å²) >= 11 is 0. The molecule has 198 valence electrons. The maximum absolute atomic E-state index is 13.2. The molecule has 0 radical (unpaired) electrons. The highest BCUT2D eigenvalue weighted by molar-refractivity contribution is 5.21. The summed E-state index contributed by atoms with van der Waals surface area (Å²) in [5.74, 6) is 2.32. The monoisotopic (exact) mass is 498 g/mol. The lowest BCUT2D eigenvalue weighted by molar-refractivity contribution is -0.0628. The molecule has 2 aromatic carbocycles. The van der Waals surface area contributed by atoms with Crippen LogP contribution in [0.25, 0.3) is 0 Å². The highest BCUT2D eigenvalue weighted by atomic mass is 19.1. The molecule has 4 rings (SSSR count). The SMILES string of the molecule is CC(OCCC1CCC(c2ccc(F)cc2)CC1)C(C)OCC[C@H]1CC[C@H](c2ccc(F)cc2)CC1. The molecule has 2 nitrogen and oxygen atoms in total. The molecule has 2 atom stereocenters. The molecular formula is C32H44F2O2. The fourth-order valence-electron chi connectivity index (χ4n) is 6.15. The van der Waals surface area contributed by atoms with Crippen molar-refractivity contribution in [2.75, 3.05) is 13.2 Å². The first-order chi connectivity index (χ1) is 17.5. The third-order valence-electron chi connectivity index (χ3n) is 8.85. The van der Waals surface area contributed by atoms with Crippen molar-refractivity contribution in [1.82, 2.24) is 0 Å². The van der Waals surface area contributed by atoms with Crippen molar-refractivity contribution in [3.63, 3.8) is 0 Å². The second kappa shape index (κ2) is 13.7. The van der Waals surface area contributed by atoms with Crippen molar-refractivity contribution in [3.05, 3.63) is 71.3 Å². The smallest absolute Gasteiger partial charge is 0.123 e. The molecule has 2 unspecified atom stereocenters. The van der Waals surface area contributed by atoms with Gasteiger partial charge in [-0.05, 0) is 137 Å². The molecule has 0 heterocycles. The van der Waals surface area contributed by atoms with Crippen LogP contribution in [0.1, 0.15) is 101 Å². The molecule has 0 bridgehead atoms. The highest BCUT2D eigenvalue weighted by Gasteiger charge is 2.24. The zero-order valence-electron chi connectivity index (χ0n) is 22.1. The van der Waals surface area contributed by atoms with Gasteiger partial charge in [0.15, 0.2) is 0 Å². The van der Waals surface area contributed by atoms with Crippen molar-refractivity contribution in [2.45, 2.75) is 102 Å². The number of benzene rings is 2. The zero-order chi connectivity index (χ0) is 25.3. The van der Waals surface area contributed by atoms with Gasteiger partial charge >= 0.3 is 0 Å². The van der Waals surface area contributed by atoms with Crippen LogP contribution in [-0.2, 0) is 9.47 Å². The standard InChI is InChI=1S/C32H44F2O2/c1-23(35-21-19-25-3-7-27(8-4-25)29-11-15-31(33)16-12-29)24(2)36-22-20-26-5-9-28(10-6-26)30-13-17-32(34)18-14-30/h11-18,23-28H,3-10,19-22H2,1-2H3/t23?,24?,25-,26?,27-,28?. The molecule has 2 aromatic rings. The maximum atomic E-state index is 13.2. The summed E-state index contributed by atoms with van der Waals surface area (Å²) in [6.07, 6.45) is 12.1. The third kappa shape index (κ3) is 8.11. The van der Waals surface area contributed by atoms with Crippen LogP contribution in [0, 0.1) is 23.5 Å². The molecule has 2 saturated carbocycles. The topological polar surface area (TPSA) is 18.5 Å². The van der Waals surface area contributed by atoms with Gasteiger partial charge < -0.3 is 9.47 Å². The van der Waals surface area contributed by atoms with Gasteiger partial charge in [-0.1, -0.05) is 24.3 Å². The fraction of sp³-hybridized carbons (Fsp3) is 0.625. The van der Waals surface area contributed by atoms with Gasteiger partial charge in [0.2, 0.25) is 0 Å². The van der Waals surface area contributed by atoms with E-state index in [0.717, 1.165) is 37.9 Å². The number of hydrogen-bond acceptors (Lipinski definition) is 2. The molecule has 0 saturated heterocycles. The zero-order valence-corrected chi connectivity index (χ0v) is 22.1. The second-order valence-electron chi connectivity index (χ2n) is 11.3. The lowest BCUT2D eigenvalue weighted by Gasteiger charge is -2.30. The number of halogens is 2. The molecule has 2 fully saturated rings. The number of rotatable bonds is 11. The van der Waals surface area contributed by atoms with E-state index in [1.165, 1.54) is 62.5 Å². The van der Waals surface area contributed by atoms with Crippen molar-refractivity contribution in [1.29, 1.82) is 0 Å². The first kappa shape index (κ1) is 27.3. The van der Waals surface area contributed by atoms with Crippen LogP contribution in [0.2, 0.25) is 0 Å². The quantitative estimate of drug-likeness (QED) is 0.308. The van der Waals surface area contributed by atoms with E-state index in [-0.39, 0.29) is 23.8 Å². The van der Waals surface area contributed by atoms with Crippen LogP contribution in [0.3, 0.4) is 0 Å². The Morgan fingerprint density at radius 2 is 0.917 bits per heavy atom. The van der Waals surface area contributed by atoms with Gasteiger partial charge in [-0.2, -0.15) is 0 Å². The highest BCUT2D eigenvalue weighted by Crippen LogP contribution is 2.38. The number of hydrogen-bond donors (Lipinski definition) is 0. The van der Waals surface area contributed by atoms with Crippen molar-refractivity contribution >= 4 is 0 Å². The lowest BCUT2D eigenvalue weighted by atomic mass is 9.78. The second-order valence-corrected chi connectivity index (χ2v) is 11.3. The van der Waals surface area contributed by atoms with Gasteiger partial charge in [-0.3, -0.25) is 0 Å². The molecule has 0 aliphatic heterocycles. The Morgan fingerprint density at radius 1 is 0.583 bits per heavy atom. The molecule has 0 spiro atoms. The van der Waals surface area contributed by atoms with Gasteiger partial charge in [-0.15, -0.1) is 0 Å². The molecule has 0 aromatic heterocycles. The average Bonchev–Trinajstić information content (AvgIpc) is 2.90. The Balaban J connectivity index is 1.05. The first-order valence-electron chi connectivity index (χ1n) is 14.2.